The zero-order valence-corrected chi connectivity index (χ0v) is 12.8. The first-order valence-electron chi connectivity index (χ1n) is 6.63. The highest BCUT2D eigenvalue weighted by Crippen LogP contribution is 2.46. The molecule has 4 rings (SSSR count). The van der Waals surface area contributed by atoms with E-state index in [1.807, 2.05) is 31.2 Å². The Kier molecular flexibility index (Phi) is 2.68. The Morgan fingerprint density at radius 1 is 1.38 bits per heavy atom. The van der Waals surface area contributed by atoms with E-state index in [1.54, 1.807) is 0 Å². The number of hydrogen-bond acceptors (Lipinski definition) is 4. The number of carbonyl (C=O) groups excluding carboxylic acids is 1. The van der Waals surface area contributed by atoms with Gasteiger partial charge in [0.15, 0.2) is 5.82 Å². The van der Waals surface area contributed by atoms with Gasteiger partial charge in [-0.25, -0.2) is 4.79 Å². The number of ether oxygens (including phenoxy) is 1. The highest BCUT2D eigenvalue weighted by atomic mass is 79.9. The second-order valence-electron chi connectivity index (χ2n) is 5.16. The fraction of sp³-hybridized carbons (Fsp3) is 0.200. The number of hydrogen-bond donors (Lipinski definition) is 2. The number of H-pyrrole nitrogens is 1. The van der Waals surface area contributed by atoms with Gasteiger partial charge in [-0.05, 0) is 18.6 Å². The largest absolute Gasteiger partial charge is 0.456 e. The topological polar surface area (TPSA) is 67.0 Å². The number of nitrogens with zero attached hydrogens (tertiary/aromatic N) is 1. The van der Waals surface area contributed by atoms with Crippen molar-refractivity contribution in [3.63, 3.8) is 0 Å². The third kappa shape index (κ3) is 1.75. The predicted octanol–water partition coefficient (Wildman–Crippen LogP) is 2.85. The summed E-state index contributed by atoms with van der Waals surface area (Å²) >= 11 is 3.59. The van der Waals surface area contributed by atoms with Gasteiger partial charge in [0, 0.05) is 21.6 Å². The maximum absolute atomic E-state index is 12.2. The molecule has 1 aromatic heterocycles. The molecule has 0 aliphatic carbocycles. The van der Waals surface area contributed by atoms with Crippen molar-refractivity contribution in [3.05, 3.63) is 56.8 Å². The van der Waals surface area contributed by atoms with E-state index >= 15 is 0 Å². The van der Waals surface area contributed by atoms with E-state index in [4.69, 9.17) is 4.74 Å². The molecule has 2 N–H and O–H groups in total. The first kappa shape index (κ1) is 12.6. The van der Waals surface area contributed by atoms with E-state index < -0.39 is 0 Å². The Labute approximate surface area is 129 Å². The molecule has 0 spiro atoms. The molecule has 1 aromatic carbocycles. The summed E-state index contributed by atoms with van der Waals surface area (Å²) in [6, 6.07) is 7.93. The summed E-state index contributed by atoms with van der Waals surface area (Å²) in [5.41, 5.74) is 4.47. The van der Waals surface area contributed by atoms with E-state index in [2.05, 4.69) is 31.4 Å². The molecule has 21 heavy (non-hydrogen) atoms. The first-order chi connectivity index (χ1) is 10.2. The molecule has 0 saturated heterocycles. The number of aromatic amines is 1. The molecule has 0 unspecified atom stereocenters. The second kappa shape index (κ2) is 4.46. The van der Waals surface area contributed by atoms with Gasteiger partial charge in [0.25, 0.3) is 0 Å². The zero-order valence-electron chi connectivity index (χ0n) is 11.2. The summed E-state index contributed by atoms with van der Waals surface area (Å²) in [7, 11) is 0. The minimum atomic E-state index is -0.260. The van der Waals surface area contributed by atoms with Gasteiger partial charge in [0.1, 0.15) is 6.61 Å². The summed E-state index contributed by atoms with van der Waals surface area (Å²) in [5, 5.41) is 10.5. The number of fused-ring (bicyclic) bond motifs is 1. The van der Waals surface area contributed by atoms with Crippen LogP contribution in [0.4, 0.5) is 5.82 Å². The van der Waals surface area contributed by atoms with Gasteiger partial charge >= 0.3 is 5.97 Å². The lowest BCUT2D eigenvalue weighted by Crippen LogP contribution is -2.20. The molecule has 0 fully saturated rings. The van der Waals surface area contributed by atoms with Crippen LogP contribution in [-0.2, 0) is 9.53 Å². The summed E-state index contributed by atoms with van der Waals surface area (Å²) in [4.78, 5) is 12.2. The first-order valence-corrected chi connectivity index (χ1v) is 7.42. The van der Waals surface area contributed by atoms with Crippen molar-refractivity contribution in [2.45, 2.75) is 12.8 Å². The van der Waals surface area contributed by atoms with E-state index in [9.17, 15) is 4.79 Å². The molecule has 1 atom stereocenters. The summed E-state index contributed by atoms with van der Waals surface area (Å²) in [6.07, 6.45) is 0. The Morgan fingerprint density at radius 3 is 3.00 bits per heavy atom. The molecule has 0 bridgehead atoms. The maximum atomic E-state index is 12.2. The fourth-order valence-electron chi connectivity index (χ4n) is 3.01. The van der Waals surface area contributed by atoms with Gasteiger partial charge in [-0.3, -0.25) is 5.10 Å². The molecule has 2 aromatic rings. The number of aryl methyl sites for hydroxylation is 1. The van der Waals surface area contributed by atoms with Gasteiger partial charge in [-0.1, -0.05) is 34.1 Å². The van der Waals surface area contributed by atoms with Gasteiger partial charge in [-0.2, -0.15) is 5.10 Å². The van der Waals surface area contributed by atoms with Crippen molar-refractivity contribution in [1.82, 2.24) is 10.2 Å². The molecule has 5 nitrogen and oxygen atoms in total. The van der Waals surface area contributed by atoms with E-state index in [1.165, 1.54) is 0 Å². The predicted molar refractivity (Wildman–Crippen MR) is 80.9 cm³/mol. The van der Waals surface area contributed by atoms with Crippen molar-refractivity contribution in [2.24, 2.45) is 0 Å². The van der Waals surface area contributed by atoms with Crippen LogP contribution in [0.3, 0.4) is 0 Å². The van der Waals surface area contributed by atoms with E-state index in [0.717, 1.165) is 32.8 Å². The molecule has 0 amide bonds. The Hall–Kier alpha value is -2.08. The SMILES string of the molecule is Cc1[nH]nc2c1[C@H](c1ccccc1Br)C1=C(COC1=O)N2. The van der Waals surface area contributed by atoms with E-state index in [0.29, 0.717) is 5.57 Å². The highest BCUT2D eigenvalue weighted by Gasteiger charge is 2.41. The van der Waals surface area contributed by atoms with Crippen molar-refractivity contribution in [2.75, 3.05) is 11.9 Å². The zero-order chi connectivity index (χ0) is 14.6. The van der Waals surface area contributed by atoms with Gasteiger partial charge in [-0.15, -0.1) is 0 Å². The monoisotopic (exact) mass is 345 g/mol. The van der Waals surface area contributed by atoms with Crippen molar-refractivity contribution >= 4 is 27.7 Å². The number of halogens is 1. The minimum Gasteiger partial charge on any atom is -0.456 e. The van der Waals surface area contributed by atoms with Gasteiger partial charge < -0.3 is 10.1 Å². The normalized spacial score (nSPS) is 19.9. The molecule has 3 heterocycles. The summed E-state index contributed by atoms with van der Waals surface area (Å²) in [5.74, 6) is 0.343. The lowest BCUT2D eigenvalue weighted by atomic mass is 9.82. The lowest BCUT2D eigenvalue weighted by Gasteiger charge is -2.25. The number of cyclic esters (lactones) is 1. The number of carbonyl (C=O) groups is 1. The van der Waals surface area contributed by atoms with Crippen LogP contribution < -0.4 is 5.32 Å². The van der Waals surface area contributed by atoms with Crippen molar-refractivity contribution in [1.29, 1.82) is 0 Å². The average molecular weight is 346 g/mol. The molecule has 2 aliphatic rings. The molecular weight excluding hydrogens is 334 g/mol. The third-order valence-electron chi connectivity index (χ3n) is 3.95. The number of nitrogens with one attached hydrogen (secondary N) is 2. The van der Waals surface area contributed by atoms with Crippen LogP contribution in [0.5, 0.6) is 0 Å². The van der Waals surface area contributed by atoms with Crippen molar-refractivity contribution < 1.29 is 9.53 Å². The number of rotatable bonds is 1. The van der Waals surface area contributed by atoms with Gasteiger partial charge in [0.2, 0.25) is 0 Å². The van der Waals surface area contributed by atoms with Crippen LogP contribution in [0, 0.1) is 6.92 Å². The van der Waals surface area contributed by atoms with Crippen LogP contribution in [-0.4, -0.2) is 22.8 Å². The standard InChI is InChI=1S/C15H12BrN3O2/c1-7-11-12(8-4-2-3-5-9(8)16)13-10(6-21-15(13)20)17-14(11)19-18-7/h2-5,12H,6H2,1H3,(H2,17,18,19)/t12-/m0/s1. The number of benzene rings is 1. The molecular formula is C15H12BrN3O2. The second-order valence-corrected chi connectivity index (χ2v) is 6.01. The van der Waals surface area contributed by atoms with Crippen LogP contribution in [0.15, 0.2) is 40.0 Å². The number of aromatic nitrogens is 2. The van der Waals surface area contributed by atoms with Crippen LogP contribution in [0.1, 0.15) is 22.7 Å². The summed E-state index contributed by atoms with van der Waals surface area (Å²) < 4.78 is 6.17. The quantitative estimate of drug-likeness (QED) is 0.780. The third-order valence-corrected chi connectivity index (χ3v) is 4.67. The molecule has 0 saturated carbocycles. The summed E-state index contributed by atoms with van der Waals surface area (Å²) in [6.45, 7) is 2.24. The Bertz CT molecular complexity index is 794. The number of anilines is 1. The van der Waals surface area contributed by atoms with Gasteiger partial charge in [0.05, 0.1) is 11.3 Å². The highest BCUT2D eigenvalue weighted by molar-refractivity contribution is 9.10. The van der Waals surface area contributed by atoms with Crippen LogP contribution in [0.2, 0.25) is 0 Å². The minimum absolute atomic E-state index is 0.166. The van der Waals surface area contributed by atoms with E-state index in [-0.39, 0.29) is 18.5 Å². The van der Waals surface area contributed by atoms with Crippen LogP contribution >= 0.6 is 15.9 Å². The van der Waals surface area contributed by atoms with Crippen LogP contribution in [0.25, 0.3) is 0 Å². The smallest absolute Gasteiger partial charge is 0.337 e. The Balaban J connectivity index is 1.99. The fourth-order valence-corrected chi connectivity index (χ4v) is 3.52. The van der Waals surface area contributed by atoms with Crippen molar-refractivity contribution in [3.8, 4) is 0 Å². The number of esters is 1. The molecule has 106 valence electrons. The molecule has 0 radical (unpaired) electrons. The maximum Gasteiger partial charge on any atom is 0.337 e. The average Bonchev–Trinajstić information content (AvgIpc) is 3.03. The lowest BCUT2D eigenvalue weighted by molar-refractivity contribution is -0.136. The Morgan fingerprint density at radius 2 is 2.19 bits per heavy atom. The molecule has 6 heteroatoms. The molecule has 2 aliphatic heterocycles.